The molecule has 50 valence electrons. The van der Waals surface area contributed by atoms with E-state index in [0.717, 1.165) is 5.57 Å². The fourth-order valence-electron chi connectivity index (χ4n) is 0.394. The summed E-state index contributed by atoms with van der Waals surface area (Å²) in [6.07, 6.45) is 5.37. The van der Waals surface area contributed by atoms with Gasteiger partial charge in [-0.2, -0.15) is 0 Å². The highest BCUT2D eigenvalue weighted by atomic mass is 15.2. The van der Waals surface area contributed by atoms with Crippen molar-refractivity contribution < 1.29 is 0 Å². The Morgan fingerprint density at radius 3 is 2.78 bits per heavy atom. The lowest BCUT2D eigenvalue weighted by Crippen LogP contribution is -2.23. The zero-order valence-electron chi connectivity index (χ0n) is 5.43. The highest BCUT2D eigenvalue weighted by Gasteiger charge is 1.80. The van der Waals surface area contributed by atoms with Crippen LogP contribution < -0.4 is 11.3 Å². The Bertz CT molecular complexity index is 125. The lowest BCUT2D eigenvalue weighted by Gasteiger charge is -1.94. The fraction of sp³-hybridized carbons (Fsp3) is 0.143. The van der Waals surface area contributed by atoms with E-state index < -0.39 is 0 Å². The predicted molar refractivity (Wildman–Crippen MR) is 40.7 cm³/mol. The van der Waals surface area contributed by atoms with Gasteiger partial charge in [0, 0.05) is 6.54 Å². The van der Waals surface area contributed by atoms with E-state index in [4.69, 9.17) is 5.84 Å². The van der Waals surface area contributed by atoms with Gasteiger partial charge in [0.1, 0.15) is 0 Å². The fourth-order valence-corrected chi connectivity index (χ4v) is 0.394. The molecule has 3 N–H and O–H groups in total. The second-order valence-corrected chi connectivity index (χ2v) is 1.63. The minimum absolute atomic E-state index is 0.615. The molecule has 0 saturated carbocycles. The lowest BCUT2D eigenvalue weighted by molar-refractivity contribution is 0.808. The quantitative estimate of drug-likeness (QED) is 0.329. The van der Waals surface area contributed by atoms with Crippen molar-refractivity contribution in [3.8, 4) is 0 Å². The van der Waals surface area contributed by atoms with Crippen LogP contribution in [-0.2, 0) is 0 Å². The molecule has 0 unspecified atom stereocenters. The van der Waals surface area contributed by atoms with E-state index in [1.54, 1.807) is 6.08 Å². The van der Waals surface area contributed by atoms with Gasteiger partial charge < -0.3 is 0 Å². The van der Waals surface area contributed by atoms with Crippen molar-refractivity contribution in [2.24, 2.45) is 5.84 Å². The van der Waals surface area contributed by atoms with Gasteiger partial charge in [0.2, 0.25) is 0 Å². The van der Waals surface area contributed by atoms with Crippen molar-refractivity contribution in [2.75, 3.05) is 6.54 Å². The van der Waals surface area contributed by atoms with Crippen LogP contribution in [0, 0.1) is 0 Å². The summed E-state index contributed by atoms with van der Waals surface area (Å²) in [5, 5.41) is 0. The van der Waals surface area contributed by atoms with Gasteiger partial charge in [-0.1, -0.05) is 31.4 Å². The van der Waals surface area contributed by atoms with Gasteiger partial charge in [0.15, 0.2) is 0 Å². The molecule has 0 radical (unpaired) electrons. The molecular weight excluding hydrogens is 112 g/mol. The molecule has 0 fully saturated rings. The molecule has 0 aliphatic carbocycles. The second-order valence-electron chi connectivity index (χ2n) is 1.63. The third kappa shape index (κ3) is 5.00. The minimum atomic E-state index is 0.615. The predicted octanol–water partition coefficient (Wildman–Crippen LogP) is 0.748. The average molecular weight is 124 g/mol. The highest BCUT2D eigenvalue weighted by molar-refractivity contribution is 5.18. The molecule has 0 amide bonds. The van der Waals surface area contributed by atoms with Crippen LogP contribution in [0.25, 0.3) is 0 Å². The summed E-state index contributed by atoms with van der Waals surface area (Å²) in [7, 11) is 0. The summed E-state index contributed by atoms with van der Waals surface area (Å²) in [6, 6.07) is 0. The minimum Gasteiger partial charge on any atom is -0.271 e. The van der Waals surface area contributed by atoms with E-state index in [-0.39, 0.29) is 0 Å². The van der Waals surface area contributed by atoms with Crippen molar-refractivity contribution in [1.29, 1.82) is 0 Å². The average Bonchev–Trinajstić information content (AvgIpc) is 1.85. The standard InChI is InChI=1S/C7H12N2/c1-3-4-5-7(2)6-9-8/h3-5,9H,1-2,6,8H2/b5-4-. The number of nitrogens with one attached hydrogen (secondary N) is 1. The molecule has 0 bridgehead atoms. The molecule has 0 spiro atoms. The van der Waals surface area contributed by atoms with Crippen LogP contribution in [0.4, 0.5) is 0 Å². The molecule has 0 aliphatic heterocycles. The SMILES string of the molecule is C=C/C=C\C(=C)CNN. The Kier molecular flexibility index (Phi) is 4.78. The van der Waals surface area contributed by atoms with Crippen molar-refractivity contribution in [3.63, 3.8) is 0 Å². The van der Waals surface area contributed by atoms with Crippen molar-refractivity contribution in [2.45, 2.75) is 0 Å². The first kappa shape index (κ1) is 8.14. The monoisotopic (exact) mass is 124 g/mol. The molecule has 2 heteroatoms. The highest BCUT2D eigenvalue weighted by Crippen LogP contribution is 1.88. The Morgan fingerprint density at radius 2 is 2.33 bits per heavy atom. The van der Waals surface area contributed by atoms with E-state index in [1.165, 1.54) is 0 Å². The van der Waals surface area contributed by atoms with Crippen molar-refractivity contribution >= 4 is 0 Å². The van der Waals surface area contributed by atoms with E-state index in [1.807, 2.05) is 12.2 Å². The summed E-state index contributed by atoms with van der Waals surface area (Å²) < 4.78 is 0. The molecule has 0 heterocycles. The zero-order valence-corrected chi connectivity index (χ0v) is 5.43. The molecule has 0 saturated heterocycles. The van der Waals surface area contributed by atoms with E-state index in [0.29, 0.717) is 6.54 Å². The molecule has 0 aromatic rings. The van der Waals surface area contributed by atoms with Gasteiger partial charge >= 0.3 is 0 Å². The number of allylic oxidation sites excluding steroid dienone is 2. The molecule has 0 atom stereocenters. The third-order valence-electron chi connectivity index (χ3n) is 0.797. The van der Waals surface area contributed by atoms with Gasteiger partial charge in [-0.3, -0.25) is 11.3 Å². The molecule has 0 aromatic heterocycles. The van der Waals surface area contributed by atoms with Crippen LogP contribution in [0.2, 0.25) is 0 Å². The Hall–Kier alpha value is -0.860. The van der Waals surface area contributed by atoms with Gasteiger partial charge in [-0.15, -0.1) is 0 Å². The van der Waals surface area contributed by atoms with Crippen LogP contribution in [0.3, 0.4) is 0 Å². The van der Waals surface area contributed by atoms with E-state index in [9.17, 15) is 0 Å². The van der Waals surface area contributed by atoms with Crippen LogP contribution in [0.5, 0.6) is 0 Å². The lowest BCUT2D eigenvalue weighted by atomic mass is 10.3. The summed E-state index contributed by atoms with van der Waals surface area (Å²) in [4.78, 5) is 0. The topological polar surface area (TPSA) is 38.0 Å². The number of hydrazine groups is 1. The zero-order chi connectivity index (χ0) is 7.11. The van der Waals surface area contributed by atoms with Crippen molar-refractivity contribution in [1.82, 2.24) is 5.43 Å². The number of hydrogen-bond acceptors (Lipinski definition) is 2. The first-order valence-electron chi connectivity index (χ1n) is 2.71. The van der Waals surface area contributed by atoms with E-state index in [2.05, 4.69) is 18.6 Å². The smallest absolute Gasteiger partial charge is 0.0342 e. The molecule has 0 aliphatic rings. The Morgan fingerprint density at radius 1 is 1.67 bits per heavy atom. The van der Waals surface area contributed by atoms with Gasteiger partial charge in [-0.25, -0.2) is 0 Å². The summed E-state index contributed by atoms with van der Waals surface area (Å²) in [6.45, 7) is 7.83. The summed E-state index contributed by atoms with van der Waals surface area (Å²) >= 11 is 0. The van der Waals surface area contributed by atoms with Crippen LogP contribution in [0.15, 0.2) is 37.0 Å². The maximum absolute atomic E-state index is 5.03. The number of rotatable bonds is 4. The van der Waals surface area contributed by atoms with Crippen LogP contribution in [0.1, 0.15) is 0 Å². The van der Waals surface area contributed by atoms with Gasteiger partial charge in [-0.05, 0) is 5.57 Å². The first-order valence-corrected chi connectivity index (χ1v) is 2.71. The number of hydrogen-bond donors (Lipinski definition) is 2. The molecule has 2 nitrogen and oxygen atoms in total. The maximum Gasteiger partial charge on any atom is 0.0342 e. The van der Waals surface area contributed by atoms with Crippen molar-refractivity contribution in [3.05, 3.63) is 37.0 Å². The summed E-state index contributed by atoms with van der Waals surface area (Å²) in [5.74, 6) is 5.03. The van der Waals surface area contributed by atoms with Crippen LogP contribution in [-0.4, -0.2) is 6.54 Å². The second kappa shape index (κ2) is 5.28. The number of nitrogens with two attached hydrogens (primary N) is 1. The molecular formula is C7H12N2. The molecule has 9 heavy (non-hydrogen) atoms. The largest absolute Gasteiger partial charge is 0.271 e. The van der Waals surface area contributed by atoms with E-state index >= 15 is 0 Å². The maximum atomic E-state index is 5.03. The Balaban J connectivity index is 3.49. The van der Waals surface area contributed by atoms with Gasteiger partial charge in [0.25, 0.3) is 0 Å². The summed E-state index contributed by atoms with van der Waals surface area (Å²) in [5.41, 5.74) is 3.43. The third-order valence-corrected chi connectivity index (χ3v) is 0.797. The first-order chi connectivity index (χ1) is 4.31. The van der Waals surface area contributed by atoms with Crippen LogP contribution >= 0.6 is 0 Å². The molecule has 0 aromatic carbocycles. The van der Waals surface area contributed by atoms with Gasteiger partial charge in [0.05, 0.1) is 0 Å². The molecule has 0 rings (SSSR count). The normalized spacial score (nSPS) is 9.89. The Labute approximate surface area is 55.7 Å².